The van der Waals surface area contributed by atoms with E-state index in [4.69, 9.17) is 9.47 Å². The number of methoxy groups -OCH3 is 2. The van der Waals surface area contributed by atoms with Crippen LogP contribution >= 0.6 is 7.60 Å². The normalized spacial score (nSPS) is 11.2. The summed E-state index contributed by atoms with van der Waals surface area (Å²) in [4.78, 5) is 19.4. The van der Waals surface area contributed by atoms with Crippen LogP contribution in [0, 0.1) is 18.3 Å². The van der Waals surface area contributed by atoms with Crippen molar-refractivity contribution < 1.29 is 23.8 Å². The van der Waals surface area contributed by atoms with E-state index in [1.54, 1.807) is 25.1 Å². The van der Waals surface area contributed by atoms with Gasteiger partial charge in [0.15, 0.2) is 0 Å². The third-order valence-electron chi connectivity index (χ3n) is 3.29. The first-order valence-electron chi connectivity index (χ1n) is 6.00. The summed E-state index contributed by atoms with van der Waals surface area (Å²) in [5, 5.41) is 9.72. The van der Waals surface area contributed by atoms with Gasteiger partial charge in [-0.15, -0.1) is 0 Å². The average Bonchev–Trinajstić information content (AvgIpc) is 2.44. The molecule has 2 aromatic rings. The van der Waals surface area contributed by atoms with Crippen molar-refractivity contribution >= 4 is 23.7 Å². The van der Waals surface area contributed by atoms with Gasteiger partial charge in [-0.05, 0) is 13.0 Å². The lowest BCUT2D eigenvalue weighted by Gasteiger charge is -2.19. The fourth-order valence-corrected chi connectivity index (χ4v) is 3.48. The number of ether oxygens (including phenoxy) is 2. The predicted molar refractivity (Wildman–Crippen MR) is 78.2 cm³/mol. The molecule has 0 amide bonds. The van der Waals surface area contributed by atoms with Gasteiger partial charge in [-0.25, -0.2) is 0 Å². The minimum absolute atomic E-state index is 0.0110. The van der Waals surface area contributed by atoms with Crippen LogP contribution < -0.4 is 14.8 Å². The summed E-state index contributed by atoms with van der Waals surface area (Å²) in [5.74, 6) is 0.289. The van der Waals surface area contributed by atoms with Crippen LogP contribution in [0.4, 0.5) is 0 Å². The van der Waals surface area contributed by atoms with E-state index in [0.717, 1.165) is 0 Å². The maximum Gasteiger partial charge on any atom is 0.360 e. The highest BCUT2D eigenvalue weighted by molar-refractivity contribution is 7.61. The van der Waals surface area contributed by atoms with E-state index in [1.165, 1.54) is 14.2 Å². The topological polar surface area (TPSA) is 99.8 Å². The molecule has 2 rings (SSSR count). The molecule has 0 bridgehead atoms. The molecule has 21 heavy (non-hydrogen) atoms. The van der Waals surface area contributed by atoms with Crippen LogP contribution in [0.15, 0.2) is 18.2 Å². The third-order valence-corrected chi connectivity index (χ3v) is 4.30. The minimum atomic E-state index is -4.63. The fourth-order valence-electron chi connectivity index (χ4n) is 2.43. The Morgan fingerprint density at radius 3 is 2.38 bits per heavy atom. The van der Waals surface area contributed by atoms with Crippen LogP contribution in [0.5, 0.6) is 11.5 Å². The second-order valence-corrected chi connectivity index (χ2v) is 5.96. The number of hydrogen-bond acceptors (Lipinski definition) is 4. The first-order chi connectivity index (χ1) is 9.86. The summed E-state index contributed by atoms with van der Waals surface area (Å²) < 4.78 is 22.3. The summed E-state index contributed by atoms with van der Waals surface area (Å²) >= 11 is 0. The molecule has 0 saturated heterocycles. The smallest absolute Gasteiger partial charge is 0.360 e. The van der Waals surface area contributed by atoms with Gasteiger partial charge in [-0.1, -0.05) is 12.1 Å². The van der Waals surface area contributed by atoms with Gasteiger partial charge >= 0.3 is 7.60 Å². The van der Waals surface area contributed by atoms with E-state index in [2.05, 4.69) is 6.07 Å². The maximum atomic E-state index is 11.9. The van der Waals surface area contributed by atoms with Crippen molar-refractivity contribution in [3.8, 4) is 17.6 Å². The van der Waals surface area contributed by atoms with Gasteiger partial charge in [0, 0.05) is 16.3 Å². The van der Waals surface area contributed by atoms with E-state index >= 15 is 0 Å². The van der Waals surface area contributed by atoms with E-state index in [1.807, 2.05) is 0 Å². The Hall–Kier alpha value is -2.06. The standard InChI is InChI=1S/C14H14NO5P/c1-8-10(7-15)9-5-4-6-11(19-2)12(9)14(13(8)20-3)21(16,17)18/h4-6H,1-3H3,(H2,16,17,18). The number of hydrogen-bond donors (Lipinski definition) is 2. The Morgan fingerprint density at radius 1 is 1.24 bits per heavy atom. The number of fused-ring (bicyclic) bond motifs is 1. The summed E-state index contributed by atoms with van der Waals surface area (Å²) in [6.45, 7) is 1.59. The van der Waals surface area contributed by atoms with Gasteiger partial charge in [-0.3, -0.25) is 4.57 Å². The minimum Gasteiger partial charge on any atom is -0.496 e. The maximum absolute atomic E-state index is 11.9. The predicted octanol–water partition coefficient (Wildman–Crippen LogP) is 1.84. The molecule has 0 spiro atoms. The highest BCUT2D eigenvalue weighted by Crippen LogP contribution is 2.45. The van der Waals surface area contributed by atoms with E-state index < -0.39 is 7.60 Å². The van der Waals surface area contributed by atoms with Crippen LogP contribution in [0.25, 0.3) is 10.8 Å². The summed E-state index contributed by atoms with van der Waals surface area (Å²) in [6.07, 6.45) is 0. The summed E-state index contributed by atoms with van der Waals surface area (Å²) in [5.41, 5.74) is 0.692. The van der Waals surface area contributed by atoms with E-state index in [0.29, 0.717) is 16.5 Å². The molecule has 2 aromatic carbocycles. The van der Waals surface area contributed by atoms with E-state index in [9.17, 15) is 19.6 Å². The summed E-state index contributed by atoms with van der Waals surface area (Å²) in [7, 11) is -1.92. The van der Waals surface area contributed by atoms with Crippen LogP contribution in [0.3, 0.4) is 0 Å². The zero-order chi connectivity index (χ0) is 15.8. The van der Waals surface area contributed by atoms with Gasteiger partial charge in [0.05, 0.1) is 19.8 Å². The number of benzene rings is 2. The van der Waals surface area contributed by atoms with Gasteiger partial charge in [0.1, 0.15) is 22.9 Å². The van der Waals surface area contributed by atoms with Gasteiger partial charge in [0.25, 0.3) is 0 Å². The molecule has 0 atom stereocenters. The molecule has 7 heteroatoms. The Balaban J connectivity index is 3.19. The number of rotatable bonds is 3. The second kappa shape index (κ2) is 5.38. The lowest BCUT2D eigenvalue weighted by molar-refractivity contribution is 0.380. The average molecular weight is 307 g/mol. The molecule has 0 saturated carbocycles. The number of nitriles is 1. The van der Waals surface area contributed by atoms with Crippen molar-refractivity contribution in [1.29, 1.82) is 5.26 Å². The molecule has 0 fully saturated rings. The molecule has 0 aliphatic carbocycles. The van der Waals surface area contributed by atoms with Crippen molar-refractivity contribution in [1.82, 2.24) is 0 Å². The lowest BCUT2D eigenvalue weighted by Crippen LogP contribution is -2.14. The van der Waals surface area contributed by atoms with Gasteiger partial charge in [0.2, 0.25) is 0 Å². The second-order valence-electron chi connectivity index (χ2n) is 4.42. The Kier molecular flexibility index (Phi) is 3.93. The molecule has 0 aliphatic heterocycles. The Morgan fingerprint density at radius 2 is 1.90 bits per heavy atom. The third kappa shape index (κ3) is 2.36. The van der Waals surface area contributed by atoms with Crippen molar-refractivity contribution in [2.24, 2.45) is 0 Å². The monoisotopic (exact) mass is 307 g/mol. The molecule has 110 valence electrons. The SMILES string of the molecule is COc1c(C)c(C#N)c2cccc(OC)c2c1P(=O)(O)O. The first kappa shape index (κ1) is 15.3. The van der Waals surface area contributed by atoms with Crippen LogP contribution in [0.2, 0.25) is 0 Å². The lowest BCUT2D eigenvalue weighted by atomic mass is 9.98. The molecule has 0 aliphatic rings. The Labute approximate surface area is 121 Å². The zero-order valence-corrected chi connectivity index (χ0v) is 12.6. The largest absolute Gasteiger partial charge is 0.496 e. The van der Waals surface area contributed by atoms with Crippen molar-refractivity contribution in [2.75, 3.05) is 14.2 Å². The summed E-state index contributed by atoms with van der Waals surface area (Å²) in [6, 6.07) is 6.93. The Bertz CT molecular complexity index is 803. The zero-order valence-electron chi connectivity index (χ0n) is 11.7. The van der Waals surface area contributed by atoms with Crippen LogP contribution in [-0.4, -0.2) is 24.0 Å². The molecular formula is C14H14NO5P. The molecule has 2 N–H and O–H groups in total. The van der Waals surface area contributed by atoms with Gasteiger partial charge < -0.3 is 19.3 Å². The molecule has 0 heterocycles. The molecule has 0 unspecified atom stereocenters. The van der Waals surface area contributed by atoms with Crippen molar-refractivity contribution in [2.45, 2.75) is 6.92 Å². The molecule has 6 nitrogen and oxygen atoms in total. The van der Waals surface area contributed by atoms with Crippen molar-refractivity contribution in [3.05, 3.63) is 29.3 Å². The fraction of sp³-hybridized carbons (Fsp3) is 0.214. The first-order valence-corrected chi connectivity index (χ1v) is 7.61. The number of nitrogens with zero attached hydrogens (tertiary/aromatic N) is 1. The van der Waals surface area contributed by atoms with E-state index in [-0.39, 0.29) is 22.2 Å². The molecule has 0 aromatic heterocycles. The van der Waals surface area contributed by atoms with Crippen LogP contribution in [0.1, 0.15) is 11.1 Å². The van der Waals surface area contributed by atoms with Gasteiger partial charge in [-0.2, -0.15) is 5.26 Å². The molecular weight excluding hydrogens is 293 g/mol. The van der Waals surface area contributed by atoms with Crippen LogP contribution in [-0.2, 0) is 4.57 Å². The molecule has 0 radical (unpaired) electrons. The highest BCUT2D eigenvalue weighted by atomic mass is 31.2. The highest BCUT2D eigenvalue weighted by Gasteiger charge is 2.31. The van der Waals surface area contributed by atoms with Crippen molar-refractivity contribution in [3.63, 3.8) is 0 Å². The quantitative estimate of drug-likeness (QED) is 0.839.